The number of rotatable bonds is 5. The van der Waals surface area contributed by atoms with E-state index in [2.05, 4.69) is 26.0 Å². The molecule has 1 saturated carbocycles. The van der Waals surface area contributed by atoms with Crippen molar-refractivity contribution in [3.05, 3.63) is 29.3 Å². The van der Waals surface area contributed by atoms with E-state index in [0.29, 0.717) is 13.0 Å². The molecule has 3 nitrogen and oxygen atoms in total. The third-order valence-corrected chi connectivity index (χ3v) is 3.39. The molecule has 3 heteroatoms. The van der Waals surface area contributed by atoms with Crippen LogP contribution in [0.15, 0.2) is 18.2 Å². The molecule has 0 saturated heterocycles. The van der Waals surface area contributed by atoms with Crippen LogP contribution in [0.3, 0.4) is 0 Å². The van der Waals surface area contributed by atoms with Gasteiger partial charge in [0.2, 0.25) is 0 Å². The van der Waals surface area contributed by atoms with Crippen molar-refractivity contribution in [2.24, 2.45) is 11.1 Å². The summed E-state index contributed by atoms with van der Waals surface area (Å²) < 4.78 is 5.87. The maximum atomic E-state index is 7.37. The van der Waals surface area contributed by atoms with Gasteiger partial charge in [-0.3, -0.25) is 5.41 Å². The minimum Gasteiger partial charge on any atom is -0.493 e. The number of ether oxygens (including phenoxy) is 1. The van der Waals surface area contributed by atoms with Gasteiger partial charge in [0.15, 0.2) is 0 Å². The van der Waals surface area contributed by atoms with Gasteiger partial charge in [0.05, 0.1) is 12.4 Å². The van der Waals surface area contributed by atoms with Gasteiger partial charge in [0.1, 0.15) is 5.75 Å². The molecule has 1 aromatic rings. The van der Waals surface area contributed by atoms with Gasteiger partial charge < -0.3 is 10.5 Å². The van der Waals surface area contributed by atoms with E-state index < -0.39 is 0 Å². The SMILES string of the molecule is Cc1ccc(OCC2(CC(=N)N)CC2)c(C)c1. The number of hydrogen-bond acceptors (Lipinski definition) is 2. The van der Waals surface area contributed by atoms with Crippen LogP contribution in [0.1, 0.15) is 30.4 Å². The molecule has 0 spiro atoms. The topological polar surface area (TPSA) is 59.1 Å². The van der Waals surface area contributed by atoms with Crippen LogP contribution in [-0.2, 0) is 0 Å². The highest BCUT2D eigenvalue weighted by atomic mass is 16.5. The largest absolute Gasteiger partial charge is 0.493 e. The van der Waals surface area contributed by atoms with Gasteiger partial charge >= 0.3 is 0 Å². The fourth-order valence-electron chi connectivity index (χ4n) is 2.15. The molecule has 0 bridgehead atoms. The number of amidine groups is 1. The summed E-state index contributed by atoms with van der Waals surface area (Å²) in [4.78, 5) is 0. The Labute approximate surface area is 102 Å². The van der Waals surface area contributed by atoms with Crippen LogP contribution in [0.2, 0.25) is 0 Å². The molecule has 0 aliphatic heterocycles. The second-order valence-electron chi connectivity index (χ2n) is 5.26. The molecule has 0 radical (unpaired) electrons. The number of nitrogens with one attached hydrogen (secondary N) is 1. The third-order valence-electron chi connectivity index (χ3n) is 3.39. The fourth-order valence-corrected chi connectivity index (χ4v) is 2.15. The van der Waals surface area contributed by atoms with Crippen molar-refractivity contribution < 1.29 is 4.74 Å². The monoisotopic (exact) mass is 232 g/mol. The molecule has 0 amide bonds. The Kier molecular flexibility index (Phi) is 3.09. The highest BCUT2D eigenvalue weighted by Crippen LogP contribution is 2.49. The molecule has 0 aromatic heterocycles. The third kappa shape index (κ3) is 2.99. The van der Waals surface area contributed by atoms with E-state index in [4.69, 9.17) is 15.9 Å². The minimum atomic E-state index is 0.142. The first-order chi connectivity index (χ1) is 8.01. The summed E-state index contributed by atoms with van der Waals surface area (Å²) >= 11 is 0. The van der Waals surface area contributed by atoms with Crippen LogP contribution in [0.4, 0.5) is 0 Å². The van der Waals surface area contributed by atoms with Crippen LogP contribution in [0, 0.1) is 24.7 Å². The van der Waals surface area contributed by atoms with E-state index in [1.165, 1.54) is 11.1 Å². The highest BCUT2D eigenvalue weighted by Gasteiger charge is 2.44. The highest BCUT2D eigenvalue weighted by molar-refractivity contribution is 5.78. The van der Waals surface area contributed by atoms with Crippen molar-refractivity contribution in [3.8, 4) is 5.75 Å². The molecule has 1 aromatic carbocycles. The van der Waals surface area contributed by atoms with E-state index in [-0.39, 0.29) is 11.3 Å². The molecule has 0 atom stereocenters. The van der Waals surface area contributed by atoms with E-state index in [9.17, 15) is 0 Å². The van der Waals surface area contributed by atoms with Crippen molar-refractivity contribution in [1.82, 2.24) is 0 Å². The lowest BCUT2D eigenvalue weighted by Crippen LogP contribution is -2.21. The molecule has 0 heterocycles. The summed E-state index contributed by atoms with van der Waals surface area (Å²) in [7, 11) is 0. The fraction of sp³-hybridized carbons (Fsp3) is 0.500. The second-order valence-corrected chi connectivity index (χ2v) is 5.26. The standard InChI is InChI=1S/C14H20N2O/c1-10-3-4-12(11(2)7-10)17-9-14(5-6-14)8-13(15)16/h3-4,7H,5-6,8-9H2,1-2H3,(H3,15,16). The molecular formula is C14H20N2O. The zero-order valence-electron chi connectivity index (χ0n) is 10.5. The van der Waals surface area contributed by atoms with Crippen molar-refractivity contribution >= 4 is 5.84 Å². The lowest BCUT2D eigenvalue weighted by Gasteiger charge is -2.16. The van der Waals surface area contributed by atoms with Crippen molar-refractivity contribution in [2.75, 3.05) is 6.61 Å². The predicted molar refractivity (Wildman–Crippen MR) is 69.6 cm³/mol. The Bertz CT molecular complexity index is 436. The van der Waals surface area contributed by atoms with Crippen LogP contribution >= 0.6 is 0 Å². The van der Waals surface area contributed by atoms with Gasteiger partial charge in [-0.15, -0.1) is 0 Å². The normalized spacial score (nSPS) is 16.6. The maximum absolute atomic E-state index is 7.37. The average molecular weight is 232 g/mol. The molecular weight excluding hydrogens is 212 g/mol. The summed E-state index contributed by atoms with van der Waals surface area (Å²) in [5.74, 6) is 1.22. The van der Waals surface area contributed by atoms with Crippen LogP contribution in [0.5, 0.6) is 5.75 Å². The number of hydrogen-bond donors (Lipinski definition) is 2. The van der Waals surface area contributed by atoms with Gasteiger partial charge in [-0.05, 0) is 38.3 Å². The first-order valence-corrected chi connectivity index (χ1v) is 6.04. The lowest BCUT2D eigenvalue weighted by molar-refractivity contribution is 0.237. The molecule has 1 aliphatic carbocycles. The van der Waals surface area contributed by atoms with Crippen molar-refractivity contribution in [1.29, 1.82) is 5.41 Å². The van der Waals surface area contributed by atoms with Gasteiger partial charge in [-0.1, -0.05) is 17.7 Å². The van der Waals surface area contributed by atoms with Crippen molar-refractivity contribution in [3.63, 3.8) is 0 Å². The van der Waals surface area contributed by atoms with Crippen LogP contribution in [0.25, 0.3) is 0 Å². The van der Waals surface area contributed by atoms with E-state index in [1.54, 1.807) is 0 Å². The zero-order chi connectivity index (χ0) is 12.5. The summed E-state index contributed by atoms with van der Waals surface area (Å²) in [5.41, 5.74) is 8.03. The molecule has 92 valence electrons. The summed E-state index contributed by atoms with van der Waals surface area (Å²) in [6.45, 7) is 4.82. The number of aryl methyl sites for hydroxylation is 2. The quantitative estimate of drug-likeness (QED) is 0.605. The molecule has 3 N–H and O–H groups in total. The molecule has 1 fully saturated rings. The smallest absolute Gasteiger partial charge is 0.122 e. The first kappa shape index (κ1) is 12.0. The van der Waals surface area contributed by atoms with E-state index in [1.807, 2.05) is 6.07 Å². The molecule has 17 heavy (non-hydrogen) atoms. The Balaban J connectivity index is 1.96. The summed E-state index contributed by atoms with van der Waals surface area (Å²) in [6, 6.07) is 6.21. The Morgan fingerprint density at radius 1 is 1.41 bits per heavy atom. The lowest BCUT2D eigenvalue weighted by atomic mass is 10.0. The molecule has 2 rings (SSSR count). The van der Waals surface area contributed by atoms with Gasteiger partial charge in [0.25, 0.3) is 0 Å². The second kappa shape index (κ2) is 4.40. The Hall–Kier alpha value is -1.51. The van der Waals surface area contributed by atoms with Gasteiger partial charge in [-0.25, -0.2) is 0 Å². The Morgan fingerprint density at radius 2 is 2.12 bits per heavy atom. The molecule has 1 aliphatic rings. The van der Waals surface area contributed by atoms with Gasteiger partial charge in [0, 0.05) is 11.8 Å². The maximum Gasteiger partial charge on any atom is 0.122 e. The first-order valence-electron chi connectivity index (χ1n) is 6.04. The predicted octanol–water partition coefficient (Wildman–Crippen LogP) is 2.79. The average Bonchev–Trinajstić information content (AvgIpc) is 2.96. The zero-order valence-corrected chi connectivity index (χ0v) is 10.5. The Morgan fingerprint density at radius 3 is 2.65 bits per heavy atom. The van der Waals surface area contributed by atoms with Crippen LogP contribution < -0.4 is 10.5 Å². The van der Waals surface area contributed by atoms with E-state index >= 15 is 0 Å². The van der Waals surface area contributed by atoms with E-state index in [0.717, 1.165) is 18.6 Å². The summed E-state index contributed by atoms with van der Waals surface area (Å²) in [5, 5.41) is 7.37. The van der Waals surface area contributed by atoms with Crippen LogP contribution in [-0.4, -0.2) is 12.4 Å². The minimum absolute atomic E-state index is 0.142. The number of benzene rings is 1. The number of nitrogens with two attached hydrogens (primary N) is 1. The summed E-state index contributed by atoms with van der Waals surface area (Å²) in [6.07, 6.45) is 2.91. The van der Waals surface area contributed by atoms with Gasteiger partial charge in [-0.2, -0.15) is 0 Å². The van der Waals surface area contributed by atoms with Crippen molar-refractivity contribution in [2.45, 2.75) is 33.1 Å². The molecule has 0 unspecified atom stereocenters.